The quantitative estimate of drug-likeness (QED) is 0.313. The monoisotopic (exact) mass is 592 g/mol. The van der Waals surface area contributed by atoms with Gasteiger partial charge in [0.1, 0.15) is 12.2 Å². The van der Waals surface area contributed by atoms with Gasteiger partial charge < -0.3 is 9.88 Å². The van der Waals surface area contributed by atoms with E-state index in [2.05, 4.69) is 20.6 Å². The summed E-state index contributed by atoms with van der Waals surface area (Å²) in [4.78, 5) is 41.3. The maximum Gasteiger partial charge on any atom is 0.418 e. The number of anilines is 1. The third-order valence-corrected chi connectivity index (χ3v) is 6.37. The Labute approximate surface area is 230 Å². The zero-order valence-corrected chi connectivity index (χ0v) is 21.5. The van der Waals surface area contributed by atoms with Gasteiger partial charge in [-0.05, 0) is 30.3 Å². The van der Waals surface area contributed by atoms with Crippen molar-refractivity contribution in [2.24, 2.45) is 14.1 Å². The van der Waals surface area contributed by atoms with Crippen LogP contribution in [0, 0.1) is 0 Å². The summed E-state index contributed by atoms with van der Waals surface area (Å²) in [5.41, 5.74) is -3.74. The molecule has 0 unspecified atom stereocenters. The van der Waals surface area contributed by atoms with E-state index in [1.807, 2.05) is 0 Å². The lowest BCUT2D eigenvalue weighted by atomic mass is 10.1. The summed E-state index contributed by atoms with van der Waals surface area (Å²) in [5.74, 6) is -0.534. The molecule has 0 radical (unpaired) electrons. The van der Waals surface area contributed by atoms with E-state index in [0.717, 1.165) is 10.8 Å². The number of aromatic nitrogens is 7. The summed E-state index contributed by atoms with van der Waals surface area (Å²) in [6.45, 7) is -0.307. The number of carbonyl (C=O) groups excluding carboxylic acids is 1. The van der Waals surface area contributed by atoms with Gasteiger partial charge in [-0.25, -0.2) is 14.5 Å². The van der Waals surface area contributed by atoms with Crippen LogP contribution in [0.1, 0.15) is 11.1 Å². The second kappa shape index (κ2) is 10.0. The van der Waals surface area contributed by atoms with Crippen LogP contribution in [0.15, 0.2) is 64.6 Å². The zero-order valence-electron chi connectivity index (χ0n) is 21.5. The van der Waals surface area contributed by atoms with Crippen molar-refractivity contribution in [2.45, 2.75) is 18.9 Å². The third-order valence-electron chi connectivity index (χ3n) is 6.37. The Hall–Kier alpha value is -5.22. The minimum atomic E-state index is -4.95. The summed E-state index contributed by atoms with van der Waals surface area (Å²) in [7, 11) is 2.74. The second-order valence-electron chi connectivity index (χ2n) is 9.15. The van der Waals surface area contributed by atoms with Gasteiger partial charge in [0, 0.05) is 25.3 Å². The fourth-order valence-corrected chi connectivity index (χ4v) is 4.25. The summed E-state index contributed by atoms with van der Waals surface area (Å²) < 4.78 is 83.9. The van der Waals surface area contributed by atoms with E-state index >= 15 is 0 Å². The number of nitrogens with zero attached hydrogens (tertiary/aromatic N) is 7. The molecule has 5 aromatic rings. The fourth-order valence-electron chi connectivity index (χ4n) is 4.25. The summed E-state index contributed by atoms with van der Waals surface area (Å²) in [5, 5.41) is 10.0. The molecule has 1 amide bonds. The van der Waals surface area contributed by atoms with Crippen LogP contribution in [-0.4, -0.2) is 39.6 Å². The number of hydrogen-bond donors (Lipinski definition) is 1. The zero-order chi connectivity index (χ0) is 30.6. The van der Waals surface area contributed by atoms with E-state index in [-0.39, 0.29) is 23.4 Å². The molecule has 1 N–H and O–H groups in total. The lowest BCUT2D eigenvalue weighted by molar-refractivity contribution is -0.141. The molecular formula is C25H18F6N8O3. The first-order valence-electron chi connectivity index (χ1n) is 11.9. The van der Waals surface area contributed by atoms with Gasteiger partial charge in [-0.15, -0.1) is 5.10 Å². The molecule has 2 aromatic carbocycles. The molecule has 0 aliphatic heterocycles. The Balaban J connectivity index is 1.36. The molecule has 17 heteroatoms. The van der Waals surface area contributed by atoms with Crippen LogP contribution in [-0.2, 0) is 37.8 Å². The number of alkyl halides is 6. The summed E-state index contributed by atoms with van der Waals surface area (Å²) >= 11 is 0. The maximum atomic E-state index is 13.5. The van der Waals surface area contributed by atoms with Gasteiger partial charge in [0.15, 0.2) is 11.2 Å². The van der Waals surface area contributed by atoms with E-state index in [0.29, 0.717) is 34.1 Å². The Kier molecular flexibility index (Phi) is 6.74. The number of halogens is 6. The second-order valence-corrected chi connectivity index (χ2v) is 9.15. The molecule has 0 aliphatic rings. The molecular weight excluding hydrogens is 574 g/mol. The Morgan fingerprint density at radius 3 is 2.26 bits per heavy atom. The highest BCUT2D eigenvalue weighted by molar-refractivity contribution is 5.91. The van der Waals surface area contributed by atoms with Crippen LogP contribution in [0.4, 0.5) is 32.0 Å². The molecule has 0 aliphatic carbocycles. The normalized spacial score (nSPS) is 12.2. The van der Waals surface area contributed by atoms with E-state index < -0.39 is 46.3 Å². The van der Waals surface area contributed by atoms with Gasteiger partial charge in [0.2, 0.25) is 5.91 Å². The number of amides is 1. The van der Waals surface area contributed by atoms with Crippen molar-refractivity contribution in [1.82, 2.24) is 33.7 Å². The van der Waals surface area contributed by atoms with E-state index in [4.69, 9.17) is 0 Å². The summed E-state index contributed by atoms with van der Waals surface area (Å²) in [6.07, 6.45) is -7.51. The average molecular weight is 592 g/mol. The van der Waals surface area contributed by atoms with Crippen molar-refractivity contribution in [1.29, 1.82) is 0 Å². The van der Waals surface area contributed by atoms with E-state index in [1.165, 1.54) is 53.8 Å². The smallest absolute Gasteiger partial charge is 0.325 e. The summed E-state index contributed by atoms with van der Waals surface area (Å²) in [6, 6.07) is 6.90. The molecule has 0 fully saturated rings. The molecule has 11 nitrogen and oxygen atoms in total. The Bertz CT molecular complexity index is 1950. The highest BCUT2D eigenvalue weighted by atomic mass is 19.4. The first kappa shape index (κ1) is 28.3. The molecule has 218 valence electrons. The molecule has 3 heterocycles. The standard InChI is InChI=1S/C25H18F6N8O3/c1-36-21-20(22(41)37(2)23(36)42)38(12-32-21)11-19(40)33-15-6-3-13(4-7-15)17-10-39(35-34-17)18-9-14(24(26,27)28)5-8-16(18)25(29,30)31/h3-10,12H,11H2,1-2H3,(H,33,40). The minimum absolute atomic E-state index is 0.0580. The number of hydrogen-bond acceptors (Lipinski definition) is 6. The van der Waals surface area contributed by atoms with E-state index in [9.17, 15) is 40.7 Å². The molecule has 0 saturated heterocycles. The Morgan fingerprint density at radius 1 is 0.929 bits per heavy atom. The number of aryl methyl sites for hydroxylation is 1. The van der Waals surface area contributed by atoms with Crippen LogP contribution in [0.5, 0.6) is 0 Å². The number of benzene rings is 2. The number of imidazole rings is 1. The van der Waals surface area contributed by atoms with Gasteiger partial charge >= 0.3 is 18.0 Å². The molecule has 42 heavy (non-hydrogen) atoms. The maximum absolute atomic E-state index is 13.5. The van der Waals surface area contributed by atoms with Gasteiger partial charge in [-0.2, -0.15) is 26.3 Å². The molecule has 5 rings (SSSR count). The lowest BCUT2D eigenvalue weighted by Crippen LogP contribution is -2.37. The predicted octanol–water partition coefficient (Wildman–Crippen LogP) is 3.36. The van der Waals surface area contributed by atoms with Gasteiger partial charge in [0.05, 0.1) is 29.3 Å². The van der Waals surface area contributed by atoms with Crippen molar-refractivity contribution >= 4 is 22.8 Å². The number of nitrogens with one attached hydrogen (secondary N) is 1. The lowest BCUT2D eigenvalue weighted by Gasteiger charge is -2.15. The van der Waals surface area contributed by atoms with Crippen molar-refractivity contribution in [3.63, 3.8) is 0 Å². The van der Waals surface area contributed by atoms with Crippen LogP contribution in [0.2, 0.25) is 0 Å². The first-order valence-corrected chi connectivity index (χ1v) is 11.9. The fraction of sp³-hybridized carbons (Fsp3) is 0.200. The van der Waals surface area contributed by atoms with Crippen molar-refractivity contribution < 1.29 is 31.1 Å². The van der Waals surface area contributed by atoms with Crippen LogP contribution >= 0.6 is 0 Å². The van der Waals surface area contributed by atoms with Crippen LogP contribution < -0.4 is 16.6 Å². The van der Waals surface area contributed by atoms with Crippen LogP contribution in [0.3, 0.4) is 0 Å². The Morgan fingerprint density at radius 2 is 1.62 bits per heavy atom. The minimum Gasteiger partial charge on any atom is -0.325 e. The average Bonchev–Trinajstić information content (AvgIpc) is 3.58. The highest BCUT2D eigenvalue weighted by Crippen LogP contribution is 2.38. The van der Waals surface area contributed by atoms with Gasteiger partial charge in [0.25, 0.3) is 5.56 Å². The van der Waals surface area contributed by atoms with E-state index in [1.54, 1.807) is 0 Å². The molecule has 0 atom stereocenters. The topological polar surface area (TPSA) is 122 Å². The number of rotatable bonds is 5. The van der Waals surface area contributed by atoms with Crippen molar-refractivity contribution in [3.05, 3.63) is 87.0 Å². The highest BCUT2D eigenvalue weighted by Gasteiger charge is 2.38. The molecule has 0 saturated carbocycles. The number of carbonyl (C=O) groups is 1. The SMILES string of the molecule is Cn1c(=O)c2c(ncn2CC(=O)Nc2ccc(-c3cn(-c4cc(C(F)(F)F)ccc4C(F)(F)F)nn3)cc2)n(C)c1=O. The largest absolute Gasteiger partial charge is 0.418 e. The van der Waals surface area contributed by atoms with Crippen LogP contribution in [0.25, 0.3) is 28.1 Å². The molecule has 3 aromatic heterocycles. The third kappa shape index (κ3) is 5.15. The predicted molar refractivity (Wildman–Crippen MR) is 136 cm³/mol. The van der Waals surface area contributed by atoms with Crippen molar-refractivity contribution in [3.8, 4) is 16.9 Å². The van der Waals surface area contributed by atoms with Gasteiger partial charge in [-0.3, -0.25) is 18.7 Å². The molecule has 0 spiro atoms. The number of fused-ring (bicyclic) bond motifs is 1. The molecule has 0 bridgehead atoms. The van der Waals surface area contributed by atoms with Gasteiger partial charge in [-0.1, -0.05) is 17.3 Å². The first-order chi connectivity index (χ1) is 19.6. The van der Waals surface area contributed by atoms with Crippen molar-refractivity contribution in [2.75, 3.05) is 5.32 Å².